The highest BCUT2D eigenvalue weighted by Crippen LogP contribution is 2.27. The maximum Gasteiger partial charge on any atom is 0.237 e. The first-order valence-electron chi connectivity index (χ1n) is 10.8. The molecule has 1 amide bonds. The van der Waals surface area contributed by atoms with E-state index in [0.29, 0.717) is 35.5 Å². The number of aromatic nitrogens is 1. The fourth-order valence-electron chi connectivity index (χ4n) is 3.93. The van der Waals surface area contributed by atoms with Gasteiger partial charge in [-0.05, 0) is 67.1 Å². The molecule has 32 heavy (non-hydrogen) atoms. The average Bonchev–Trinajstić information content (AvgIpc) is 3.34. The van der Waals surface area contributed by atoms with Gasteiger partial charge in [0, 0.05) is 30.2 Å². The van der Waals surface area contributed by atoms with Crippen molar-refractivity contribution in [2.45, 2.75) is 37.8 Å². The summed E-state index contributed by atoms with van der Waals surface area (Å²) >= 11 is 0. The van der Waals surface area contributed by atoms with Gasteiger partial charge in [0.15, 0.2) is 0 Å². The topological polar surface area (TPSA) is 77.2 Å². The third-order valence-electron chi connectivity index (χ3n) is 6.01. The molecule has 0 bridgehead atoms. The van der Waals surface area contributed by atoms with E-state index in [4.69, 9.17) is 0 Å². The summed E-state index contributed by atoms with van der Waals surface area (Å²) in [6, 6.07) is 9.33. The highest BCUT2D eigenvalue weighted by molar-refractivity contribution is 5.86. The predicted octanol–water partition coefficient (Wildman–Crippen LogP) is 3.88. The molecule has 2 heterocycles. The lowest BCUT2D eigenvalue weighted by molar-refractivity contribution is -0.123. The van der Waals surface area contributed by atoms with Crippen LogP contribution < -0.4 is 10.6 Å². The van der Waals surface area contributed by atoms with Crippen molar-refractivity contribution in [3.05, 3.63) is 59.9 Å². The van der Waals surface area contributed by atoms with Crippen LogP contribution >= 0.6 is 0 Å². The fraction of sp³-hybridized carbons (Fsp3) is 0.375. The molecular formula is C24H26F3N3O2. The minimum absolute atomic E-state index is 0.0495. The monoisotopic (exact) mass is 445 g/mol. The van der Waals surface area contributed by atoms with E-state index in [1.54, 1.807) is 18.2 Å². The van der Waals surface area contributed by atoms with Crippen molar-refractivity contribution in [1.82, 2.24) is 15.6 Å². The predicted molar refractivity (Wildman–Crippen MR) is 116 cm³/mol. The zero-order valence-corrected chi connectivity index (χ0v) is 17.5. The van der Waals surface area contributed by atoms with Crippen molar-refractivity contribution in [2.75, 3.05) is 13.1 Å². The number of carbonyl (C=O) groups excluding carboxylic acids is 1. The largest absolute Gasteiger partial charge is 0.392 e. The van der Waals surface area contributed by atoms with E-state index in [-0.39, 0.29) is 29.4 Å². The molecule has 170 valence electrons. The lowest BCUT2D eigenvalue weighted by atomic mass is 9.85. The Hall–Kier alpha value is -2.84. The summed E-state index contributed by atoms with van der Waals surface area (Å²) in [5, 5.41) is 15.6. The number of fused-ring (bicyclic) bond motifs is 1. The lowest BCUT2D eigenvalue weighted by Gasteiger charge is -2.26. The molecule has 3 aromatic rings. The number of rotatable bonds is 4. The Kier molecular flexibility index (Phi) is 6.81. The van der Waals surface area contributed by atoms with Crippen molar-refractivity contribution < 1.29 is 23.1 Å². The maximum atomic E-state index is 13.5. The van der Waals surface area contributed by atoms with E-state index in [1.165, 1.54) is 37.5 Å². The van der Waals surface area contributed by atoms with Gasteiger partial charge in [0.05, 0.1) is 17.7 Å². The van der Waals surface area contributed by atoms with Crippen molar-refractivity contribution >= 4 is 16.8 Å². The fourth-order valence-corrected chi connectivity index (χ4v) is 3.93. The summed E-state index contributed by atoms with van der Waals surface area (Å²) in [7, 11) is 0. The average molecular weight is 445 g/mol. The molecule has 5 nitrogen and oxygen atoms in total. The highest BCUT2D eigenvalue weighted by Gasteiger charge is 2.28. The molecule has 2 fully saturated rings. The van der Waals surface area contributed by atoms with E-state index >= 15 is 0 Å². The number of nitrogens with one attached hydrogen (secondary N) is 3. The number of aliphatic hydroxyl groups is 1. The van der Waals surface area contributed by atoms with E-state index in [0.717, 1.165) is 12.6 Å². The third-order valence-corrected chi connectivity index (χ3v) is 6.01. The van der Waals surface area contributed by atoms with Crippen LogP contribution in [-0.2, 0) is 4.79 Å². The van der Waals surface area contributed by atoms with E-state index in [2.05, 4.69) is 15.6 Å². The summed E-state index contributed by atoms with van der Waals surface area (Å²) in [5.74, 6) is -0.853. The van der Waals surface area contributed by atoms with Gasteiger partial charge in [-0.25, -0.2) is 13.2 Å². The molecule has 1 aromatic heterocycles. The quantitative estimate of drug-likeness (QED) is 0.492. The molecule has 0 radical (unpaired) electrons. The maximum absolute atomic E-state index is 13.5. The van der Waals surface area contributed by atoms with Crippen LogP contribution in [0.4, 0.5) is 13.2 Å². The zero-order chi connectivity index (χ0) is 22.7. The van der Waals surface area contributed by atoms with Crippen molar-refractivity contribution in [2.24, 2.45) is 5.92 Å². The third kappa shape index (κ3) is 5.31. The van der Waals surface area contributed by atoms with Gasteiger partial charge >= 0.3 is 0 Å². The molecule has 1 aliphatic heterocycles. The molecule has 8 heteroatoms. The molecule has 2 unspecified atom stereocenters. The molecule has 2 aromatic carbocycles. The Morgan fingerprint density at radius 2 is 1.81 bits per heavy atom. The number of amides is 1. The molecule has 1 saturated heterocycles. The number of hydrogen-bond donors (Lipinski definition) is 4. The SMILES string of the molecule is Fc1ccc(-c2cc3cc(F)cc(F)c3[nH]2)cc1.O=C(NCC1CCC1)C1CC(O)CN1. The van der Waals surface area contributed by atoms with E-state index < -0.39 is 11.6 Å². The van der Waals surface area contributed by atoms with E-state index in [1.807, 2.05) is 0 Å². The number of halogens is 3. The van der Waals surface area contributed by atoms with Crippen LogP contribution in [0.2, 0.25) is 0 Å². The molecule has 0 spiro atoms. The molecule has 2 atom stereocenters. The summed E-state index contributed by atoms with van der Waals surface area (Å²) in [6.07, 6.45) is 4.01. The number of benzene rings is 2. The molecular weight excluding hydrogens is 419 g/mol. The van der Waals surface area contributed by atoms with Crippen LogP contribution in [0.3, 0.4) is 0 Å². The Morgan fingerprint density at radius 3 is 2.44 bits per heavy atom. The number of β-amino-alcohol motifs (C(OH)–C–C–N with tert-alkyl or cyclic N) is 1. The van der Waals surface area contributed by atoms with Crippen LogP contribution in [0.5, 0.6) is 0 Å². The summed E-state index contributed by atoms with van der Waals surface area (Å²) in [4.78, 5) is 14.4. The first-order chi connectivity index (χ1) is 15.4. The Morgan fingerprint density at radius 1 is 1.06 bits per heavy atom. The molecule has 4 N–H and O–H groups in total. The van der Waals surface area contributed by atoms with Crippen LogP contribution in [0.25, 0.3) is 22.2 Å². The Labute approximate surface area is 184 Å². The van der Waals surface area contributed by atoms with Gasteiger partial charge in [-0.2, -0.15) is 0 Å². The molecule has 1 aliphatic carbocycles. The van der Waals surface area contributed by atoms with Crippen molar-refractivity contribution in [3.8, 4) is 11.3 Å². The Balaban J connectivity index is 0.000000158. The number of aromatic amines is 1. The minimum Gasteiger partial charge on any atom is -0.392 e. The number of H-pyrrole nitrogens is 1. The summed E-state index contributed by atoms with van der Waals surface area (Å²) in [5.41, 5.74) is 1.58. The number of carbonyl (C=O) groups is 1. The van der Waals surface area contributed by atoms with Gasteiger partial charge < -0.3 is 20.7 Å². The van der Waals surface area contributed by atoms with Gasteiger partial charge in [-0.1, -0.05) is 6.42 Å². The van der Waals surface area contributed by atoms with Gasteiger partial charge in [0.25, 0.3) is 0 Å². The van der Waals surface area contributed by atoms with Gasteiger partial charge in [0.2, 0.25) is 5.91 Å². The molecule has 2 aliphatic rings. The number of aliphatic hydroxyl groups excluding tert-OH is 1. The van der Waals surface area contributed by atoms with Crippen LogP contribution in [0, 0.1) is 23.4 Å². The van der Waals surface area contributed by atoms with Gasteiger partial charge in [-0.3, -0.25) is 4.79 Å². The second kappa shape index (κ2) is 9.75. The zero-order valence-electron chi connectivity index (χ0n) is 17.5. The number of hydrogen-bond acceptors (Lipinski definition) is 3. The first kappa shape index (κ1) is 22.4. The van der Waals surface area contributed by atoms with Crippen LogP contribution in [0.15, 0.2) is 42.5 Å². The highest BCUT2D eigenvalue weighted by atomic mass is 19.1. The second-order valence-corrected chi connectivity index (χ2v) is 8.43. The lowest BCUT2D eigenvalue weighted by Crippen LogP contribution is -2.43. The first-order valence-corrected chi connectivity index (χ1v) is 10.8. The summed E-state index contributed by atoms with van der Waals surface area (Å²) < 4.78 is 39.4. The molecule has 1 saturated carbocycles. The second-order valence-electron chi connectivity index (χ2n) is 8.43. The van der Waals surface area contributed by atoms with Crippen LogP contribution in [0.1, 0.15) is 25.7 Å². The standard InChI is InChI=1S/C14H8F3N.C10H18N2O2/c15-10-3-1-8(2-4-10)13-6-9-5-11(16)7-12(17)14(9)18-13;13-8-4-9(11-6-8)10(14)12-5-7-2-1-3-7/h1-7,18H;7-9,11,13H,1-6H2,(H,12,14). The van der Waals surface area contributed by atoms with Crippen molar-refractivity contribution in [3.63, 3.8) is 0 Å². The smallest absolute Gasteiger partial charge is 0.237 e. The summed E-state index contributed by atoms with van der Waals surface area (Å²) in [6.45, 7) is 1.36. The van der Waals surface area contributed by atoms with Crippen LogP contribution in [-0.4, -0.2) is 41.2 Å². The van der Waals surface area contributed by atoms with Gasteiger partial charge in [0.1, 0.15) is 17.5 Å². The normalized spacial score (nSPS) is 20.5. The molecule has 5 rings (SSSR count). The Bertz CT molecular complexity index is 1080. The minimum atomic E-state index is -0.640. The van der Waals surface area contributed by atoms with E-state index in [9.17, 15) is 23.1 Å². The van der Waals surface area contributed by atoms with Crippen molar-refractivity contribution in [1.29, 1.82) is 0 Å². The van der Waals surface area contributed by atoms with Gasteiger partial charge in [-0.15, -0.1) is 0 Å².